The van der Waals surface area contributed by atoms with Crippen molar-refractivity contribution in [1.29, 1.82) is 0 Å². The highest BCUT2D eigenvalue weighted by atomic mass is 79.9. The van der Waals surface area contributed by atoms with E-state index in [1.807, 2.05) is 0 Å². The molecule has 6 heteroatoms. The molecule has 1 N–H and O–H groups in total. The second-order valence-corrected chi connectivity index (χ2v) is 5.34. The molecule has 17 heavy (non-hydrogen) atoms. The van der Waals surface area contributed by atoms with Crippen molar-refractivity contribution >= 4 is 39.3 Å². The van der Waals surface area contributed by atoms with Crippen molar-refractivity contribution in [1.82, 2.24) is 4.98 Å². The fourth-order valence-corrected chi connectivity index (χ4v) is 1.76. The maximum absolute atomic E-state index is 11.6. The van der Waals surface area contributed by atoms with E-state index < -0.39 is 11.7 Å². The van der Waals surface area contributed by atoms with Crippen LogP contribution in [0.4, 0.5) is 10.5 Å². The van der Waals surface area contributed by atoms with Crippen LogP contribution in [0, 0.1) is 0 Å². The van der Waals surface area contributed by atoms with Gasteiger partial charge in [0.1, 0.15) is 5.60 Å². The highest BCUT2D eigenvalue weighted by Gasteiger charge is 2.18. The first-order valence-electron chi connectivity index (χ1n) is 5.03. The number of aromatic nitrogens is 1. The third-order valence-corrected chi connectivity index (χ3v) is 2.58. The number of pyridine rings is 1. The van der Waals surface area contributed by atoms with Crippen molar-refractivity contribution < 1.29 is 9.53 Å². The molecule has 0 spiro atoms. The molecule has 0 unspecified atom stereocenters. The Labute approximate surface area is 114 Å². The zero-order valence-corrected chi connectivity index (χ0v) is 12.2. The normalized spacial score (nSPS) is 11.1. The molecule has 94 valence electrons. The smallest absolute Gasteiger partial charge is 0.412 e. The summed E-state index contributed by atoms with van der Waals surface area (Å²) in [6, 6.07) is 1.61. The molecule has 0 aliphatic rings. The summed E-state index contributed by atoms with van der Waals surface area (Å²) >= 11 is 9.27. The number of carbonyl (C=O) groups is 1. The molecule has 0 aromatic carbocycles. The van der Waals surface area contributed by atoms with E-state index in [4.69, 9.17) is 16.3 Å². The van der Waals surface area contributed by atoms with Crippen LogP contribution < -0.4 is 5.32 Å². The van der Waals surface area contributed by atoms with Gasteiger partial charge in [0, 0.05) is 11.5 Å². The van der Waals surface area contributed by atoms with Gasteiger partial charge in [-0.05, 0) is 26.8 Å². The number of hydrogen-bond donors (Lipinski definition) is 1. The van der Waals surface area contributed by atoms with E-state index in [0.717, 1.165) is 0 Å². The average Bonchev–Trinajstić information content (AvgIpc) is 2.18. The Balaban J connectivity index is 2.84. The van der Waals surface area contributed by atoms with Crippen molar-refractivity contribution in [2.75, 3.05) is 5.32 Å². The van der Waals surface area contributed by atoms with Crippen molar-refractivity contribution in [3.05, 3.63) is 23.0 Å². The maximum Gasteiger partial charge on any atom is 0.412 e. The van der Waals surface area contributed by atoms with E-state index in [0.29, 0.717) is 21.7 Å². The number of rotatable bonds is 2. The number of anilines is 1. The van der Waals surface area contributed by atoms with Gasteiger partial charge in [0.2, 0.25) is 0 Å². The van der Waals surface area contributed by atoms with Gasteiger partial charge in [-0.15, -0.1) is 0 Å². The molecule has 0 radical (unpaired) electrons. The van der Waals surface area contributed by atoms with Crippen LogP contribution in [0.3, 0.4) is 0 Å². The molecule has 1 aromatic rings. The molecule has 1 rings (SSSR count). The molecule has 1 heterocycles. The Kier molecular flexibility index (Phi) is 4.77. The van der Waals surface area contributed by atoms with Gasteiger partial charge >= 0.3 is 6.09 Å². The molecule has 0 fully saturated rings. The average molecular weight is 322 g/mol. The molecule has 0 atom stereocenters. The lowest BCUT2D eigenvalue weighted by Crippen LogP contribution is -2.27. The first kappa shape index (κ1) is 14.3. The van der Waals surface area contributed by atoms with Gasteiger partial charge in [-0.2, -0.15) is 0 Å². The molecule has 1 aromatic heterocycles. The summed E-state index contributed by atoms with van der Waals surface area (Å²) < 4.78 is 5.14. The maximum atomic E-state index is 11.6. The minimum atomic E-state index is -0.548. The molecule has 0 aliphatic carbocycles. The highest BCUT2D eigenvalue weighted by molar-refractivity contribution is 9.08. The summed E-state index contributed by atoms with van der Waals surface area (Å²) in [6.45, 7) is 5.38. The minimum absolute atomic E-state index is 0.431. The standard InChI is InChI=1S/C11H14BrClN2O2/c1-11(2,3)17-10(16)15-9-7(13)4-5-14-8(9)6-12/h4-5H,6H2,1-3H3,(H,15,16). The molecule has 4 nitrogen and oxygen atoms in total. The van der Waals surface area contributed by atoms with Crippen LogP contribution in [0.15, 0.2) is 12.3 Å². The quantitative estimate of drug-likeness (QED) is 0.838. The van der Waals surface area contributed by atoms with Crippen molar-refractivity contribution in [2.45, 2.75) is 31.7 Å². The second kappa shape index (κ2) is 5.69. The summed E-state index contributed by atoms with van der Waals surface area (Å²) in [7, 11) is 0. The Morgan fingerprint density at radius 1 is 1.59 bits per heavy atom. The number of nitrogens with one attached hydrogen (secondary N) is 1. The van der Waals surface area contributed by atoms with Crippen LogP contribution in [0.2, 0.25) is 5.02 Å². The Morgan fingerprint density at radius 3 is 2.76 bits per heavy atom. The van der Waals surface area contributed by atoms with E-state index in [2.05, 4.69) is 26.2 Å². The Bertz CT molecular complexity index is 418. The van der Waals surface area contributed by atoms with Crippen molar-refractivity contribution in [3.63, 3.8) is 0 Å². The van der Waals surface area contributed by atoms with Gasteiger partial charge in [-0.25, -0.2) is 4.79 Å². The summed E-state index contributed by atoms with van der Waals surface area (Å²) in [5, 5.41) is 3.53. The minimum Gasteiger partial charge on any atom is -0.444 e. The molecular formula is C11H14BrClN2O2. The van der Waals surface area contributed by atoms with Gasteiger partial charge in [0.25, 0.3) is 0 Å². The van der Waals surface area contributed by atoms with Crippen LogP contribution in [-0.4, -0.2) is 16.7 Å². The molecule has 0 bridgehead atoms. The lowest BCUT2D eigenvalue weighted by atomic mass is 10.2. The van der Waals surface area contributed by atoms with E-state index in [1.54, 1.807) is 33.0 Å². The fourth-order valence-electron chi connectivity index (χ4n) is 1.12. The van der Waals surface area contributed by atoms with Crippen molar-refractivity contribution in [3.8, 4) is 0 Å². The summed E-state index contributed by atoms with van der Waals surface area (Å²) in [5.74, 6) is 0. The molecule has 0 saturated heterocycles. The Hall–Kier alpha value is -0.810. The molecule has 1 amide bonds. The number of carbonyl (C=O) groups excluding carboxylic acids is 1. The second-order valence-electron chi connectivity index (χ2n) is 4.37. The number of halogens is 2. The van der Waals surface area contributed by atoms with Crippen LogP contribution in [-0.2, 0) is 10.1 Å². The third-order valence-electron chi connectivity index (χ3n) is 1.73. The van der Waals surface area contributed by atoms with E-state index in [1.165, 1.54) is 0 Å². The van der Waals surface area contributed by atoms with Gasteiger partial charge in [0.15, 0.2) is 0 Å². The van der Waals surface area contributed by atoms with E-state index in [-0.39, 0.29) is 0 Å². The monoisotopic (exact) mass is 320 g/mol. The number of ether oxygens (including phenoxy) is 1. The first-order valence-corrected chi connectivity index (χ1v) is 6.53. The molecular weight excluding hydrogens is 307 g/mol. The molecule has 0 aliphatic heterocycles. The zero-order chi connectivity index (χ0) is 13.1. The number of nitrogens with zero attached hydrogens (tertiary/aromatic N) is 1. The number of amides is 1. The van der Waals surface area contributed by atoms with Crippen LogP contribution in [0.25, 0.3) is 0 Å². The Morgan fingerprint density at radius 2 is 2.24 bits per heavy atom. The van der Waals surface area contributed by atoms with Crippen LogP contribution >= 0.6 is 27.5 Å². The topological polar surface area (TPSA) is 51.2 Å². The lowest BCUT2D eigenvalue weighted by Gasteiger charge is -2.20. The largest absolute Gasteiger partial charge is 0.444 e. The summed E-state index contributed by atoms with van der Waals surface area (Å²) in [5.41, 5.74) is 0.580. The predicted octanol–water partition coefficient (Wildman–Crippen LogP) is 3.98. The van der Waals surface area contributed by atoms with Crippen LogP contribution in [0.1, 0.15) is 26.5 Å². The zero-order valence-electron chi connectivity index (χ0n) is 9.88. The van der Waals surface area contributed by atoms with Gasteiger partial charge in [-0.3, -0.25) is 10.3 Å². The summed E-state index contributed by atoms with van der Waals surface area (Å²) in [4.78, 5) is 15.7. The van der Waals surface area contributed by atoms with Gasteiger partial charge < -0.3 is 4.74 Å². The lowest BCUT2D eigenvalue weighted by molar-refractivity contribution is 0.0635. The van der Waals surface area contributed by atoms with E-state index in [9.17, 15) is 4.79 Å². The van der Waals surface area contributed by atoms with Crippen molar-refractivity contribution in [2.24, 2.45) is 0 Å². The first-order chi connectivity index (χ1) is 7.83. The summed E-state index contributed by atoms with van der Waals surface area (Å²) in [6.07, 6.45) is 1.04. The SMILES string of the molecule is CC(C)(C)OC(=O)Nc1c(Cl)ccnc1CBr. The third kappa shape index (κ3) is 4.52. The number of hydrogen-bond acceptors (Lipinski definition) is 3. The predicted molar refractivity (Wildman–Crippen MR) is 71.7 cm³/mol. The van der Waals surface area contributed by atoms with Gasteiger partial charge in [0.05, 0.1) is 16.4 Å². The number of alkyl halides is 1. The molecule has 0 saturated carbocycles. The highest BCUT2D eigenvalue weighted by Crippen LogP contribution is 2.26. The van der Waals surface area contributed by atoms with E-state index >= 15 is 0 Å². The van der Waals surface area contributed by atoms with Gasteiger partial charge in [-0.1, -0.05) is 27.5 Å². The fraction of sp³-hybridized carbons (Fsp3) is 0.455. The van der Waals surface area contributed by atoms with Crippen LogP contribution in [0.5, 0.6) is 0 Å².